The molecule has 0 saturated carbocycles. The Morgan fingerprint density at radius 2 is 1.66 bits per heavy atom. The Morgan fingerprint density at radius 3 is 2.34 bits per heavy atom. The molecule has 1 aromatic heterocycles. The number of hydrogen-bond acceptors (Lipinski definition) is 5. The molecule has 8 heteroatoms. The van der Waals surface area contributed by atoms with E-state index in [1.807, 2.05) is 66.7 Å². The highest BCUT2D eigenvalue weighted by atomic mass is 19.1. The van der Waals surface area contributed by atoms with Crippen molar-refractivity contribution in [1.29, 1.82) is 0 Å². The lowest BCUT2D eigenvalue weighted by Gasteiger charge is -2.21. The second-order valence-electron chi connectivity index (χ2n) is 9.32. The first kappa shape index (κ1) is 25.5. The van der Waals surface area contributed by atoms with Crippen LogP contribution in [0.5, 0.6) is 11.5 Å². The summed E-state index contributed by atoms with van der Waals surface area (Å²) in [6, 6.07) is 24.8. The van der Waals surface area contributed by atoms with Gasteiger partial charge in [-0.25, -0.2) is 14.2 Å². The van der Waals surface area contributed by atoms with E-state index < -0.39 is 6.67 Å². The molecular weight excluding hydrogens is 483 g/mol. The van der Waals surface area contributed by atoms with E-state index in [-0.39, 0.29) is 18.0 Å². The molecule has 2 heterocycles. The molecule has 2 N–H and O–H groups in total. The van der Waals surface area contributed by atoms with Gasteiger partial charge in [0.15, 0.2) is 11.5 Å². The number of rotatable bonds is 8. The minimum atomic E-state index is -0.419. The van der Waals surface area contributed by atoms with E-state index in [1.165, 1.54) is 0 Å². The van der Waals surface area contributed by atoms with Crippen molar-refractivity contribution in [2.24, 2.45) is 0 Å². The molecule has 0 bridgehead atoms. The first-order valence-electron chi connectivity index (χ1n) is 12.6. The molecule has 1 aliphatic rings. The fraction of sp³-hybridized carbons (Fsp3) is 0.267. The molecule has 5 rings (SSSR count). The van der Waals surface area contributed by atoms with Crippen molar-refractivity contribution in [3.05, 3.63) is 84.4 Å². The third-order valence-electron chi connectivity index (χ3n) is 6.96. The van der Waals surface area contributed by atoms with Crippen molar-refractivity contribution in [1.82, 2.24) is 15.2 Å². The number of benzene rings is 3. The number of alkyl halides is 1. The second-order valence-corrected chi connectivity index (χ2v) is 9.32. The third-order valence-corrected chi connectivity index (χ3v) is 6.96. The van der Waals surface area contributed by atoms with E-state index in [0.29, 0.717) is 48.0 Å². The summed E-state index contributed by atoms with van der Waals surface area (Å²) in [7, 11) is 3.17. The van der Waals surface area contributed by atoms with Gasteiger partial charge >= 0.3 is 6.03 Å². The number of nitrogens with zero attached hydrogens (tertiary/aromatic N) is 2. The van der Waals surface area contributed by atoms with Crippen molar-refractivity contribution in [3.63, 3.8) is 0 Å². The lowest BCUT2D eigenvalue weighted by molar-refractivity contribution is 0.246. The minimum absolute atomic E-state index is 0.0635. The highest BCUT2D eigenvalue weighted by Crippen LogP contribution is 2.36. The standard InChI is InChI=1S/C30H31FN4O3/c1-37-27-16-22-15-25(29(21-11-7-4-8-12-21)32-24(22)17-28(27)38-2)33-30(36)34-26-19-35(14-13-31)18-23(26)20-9-5-3-6-10-20/h3-12,15-17,23,26H,13-14,18-19H2,1-2H3,(H2,33,34,36)/t23-,26+/m0/s1. The average Bonchev–Trinajstić information content (AvgIpc) is 3.34. The molecule has 2 amide bonds. The van der Waals surface area contributed by atoms with Gasteiger partial charge in [-0.15, -0.1) is 0 Å². The van der Waals surface area contributed by atoms with Crippen LogP contribution in [-0.2, 0) is 0 Å². The Bertz CT molecular complexity index is 1400. The number of aromatic nitrogens is 1. The van der Waals surface area contributed by atoms with Crippen LogP contribution in [0.25, 0.3) is 22.2 Å². The molecule has 0 aliphatic carbocycles. The van der Waals surface area contributed by atoms with Crippen molar-refractivity contribution < 1.29 is 18.7 Å². The van der Waals surface area contributed by atoms with Gasteiger partial charge in [0, 0.05) is 42.6 Å². The SMILES string of the molecule is COc1cc2cc(NC(=O)N[C@@H]3CN(CCF)C[C@H]3c3ccccc3)c(-c3ccccc3)nc2cc1OC. The summed E-state index contributed by atoms with van der Waals surface area (Å²) >= 11 is 0. The highest BCUT2D eigenvalue weighted by molar-refractivity contribution is 5.98. The molecule has 1 saturated heterocycles. The average molecular weight is 515 g/mol. The molecule has 3 aromatic carbocycles. The Balaban J connectivity index is 1.46. The predicted molar refractivity (Wildman–Crippen MR) is 148 cm³/mol. The van der Waals surface area contributed by atoms with Crippen LogP contribution in [-0.4, -0.2) is 62.5 Å². The maximum atomic E-state index is 13.4. The normalized spacial score (nSPS) is 17.3. The highest BCUT2D eigenvalue weighted by Gasteiger charge is 2.34. The van der Waals surface area contributed by atoms with E-state index in [4.69, 9.17) is 14.5 Å². The smallest absolute Gasteiger partial charge is 0.319 e. The summed E-state index contributed by atoms with van der Waals surface area (Å²) in [6.07, 6.45) is 0. The van der Waals surface area contributed by atoms with Crippen LogP contribution in [0.2, 0.25) is 0 Å². The van der Waals surface area contributed by atoms with Crippen LogP contribution >= 0.6 is 0 Å². The predicted octanol–water partition coefficient (Wildman–Crippen LogP) is 5.48. The van der Waals surface area contributed by atoms with E-state index in [2.05, 4.69) is 27.7 Å². The number of urea groups is 1. The zero-order valence-corrected chi connectivity index (χ0v) is 21.5. The van der Waals surface area contributed by atoms with E-state index in [1.54, 1.807) is 14.2 Å². The first-order chi connectivity index (χ1) is 18.6. The van der Waals surface area contributed by atoms with Gasteiger partial charge in [0.25, 0.3) is 0 Å². The van der Waals surface area contributed by atoms with Gasteiger partial charge in [-0.1, -0.05) is 60.7 Å². The van der Waals surface area contributed by atoms with Crippen molar-refractivity contribution >= 4 is 22.6 Å². The molecule has 196 valence electrons. The van der Waals surface area contributed by atoms with Crippen molar-refractivity contribution in [2.45, 2.75) is 12.0 Å². The number of anilines is 1. The first-order valence-corrected chi connectivity index (χ1v) is 12.6. The zero-order valence-electron chi connectivity index (χ0n) is 21.5. The molecule has 0 radical (unpaired) electrons. The fourth-order valence-corrected chi connectivity index (χ4v) is 5.11. The van der Waals surface area contributed by atoms with E-state index in [9.17, 15) is 9.18 Å². The molecule has 0 spiro atoms. The summed E-state index contributed by atoms with van der Waals surface area (Å²) in [5.74, 6) is 1.22. The fourth-order valence-electron chi connectivity index (χ4n) is 5.11. The molecule has 38 heavy (non-hydrogen) atoms. The van der Waals surface area contributed by atoms with Crippen LogP contribution < -0.4 is 20.1 Å². The molecule has 0 unspecified atom stereocenters. The lowest BCUT2D eigenvalue weighted by Crippen LogP contribution is -2.42. The number of halogens is 1. The molecule has 7 nitrogen and oxygen atoms in total. The summed E-state index contributed by atoms with van der Waals surface area (Å²) in [4.78, 5) is 20.3. The Labute approximate surface area is 221 Å². The quantitative estimate of drug-likeness (QED) is 0.326. The third kappa shape index (κ3) is 5.40. The summed E-state index contributed by atoms with van der Waals surface area (Å²) in [5, 5.41) is 6.98. The molecular formula is C30H31FN4O3. The number of nitrogens with one attached hydrogen (secondary N) is 2. The van der Waals surface area contributed by atoms with E-state index in [0.717, 1.165) is 16.5 Å². The number of ether oxygens (including phenoxy) is 2. The summed E-state index contributed by atoms with van der Waals surface area (Å²) < 4.78 is 24.0. The second kappa shape index (κ2) is 11.5. The number of likely N-dealkylation sites (tertiary alicyclic amines) is 1. The monoisotopic (exact) mass is 514 g/mol. The maximum absolute atomic E-state index is 13.4. The minimum Gasteiger partial charge on any atom is -0.493 e. The van der Waals surface area contributed by atoms with Gasteiger partial charge in [0.05, 0.1) is 37.2 Å². The van der Waals surface area contributed by atoms with Crippen molar-refractivity contribution in [2.75, 3.05) is 45.8 Å². The lowest BCUT2D eigenvalue weighted by atomic mass is 9.94. The number of methoxy groups -OCH3 is 2. The van der Waals surface area contributed by atoms with Crippen LogP contribution in [0.15, 0.2) is 78.9 Å². The zero-order chi connectivity index (χ0) is 26.5. The number of carbonyl (C=O) groups excluding carboxylic acids is 1. The Kier molecular flexibility index (Phi) is 7.70. The number of amides is 2. The van der Waals surface area contributed by atoms with Crippen LogP contribution in [0, 0.1) is 0 Å². The van der Waals surface area contributed by atoms with Crippen LogP contribution in [0.4, 0.5) is 14.9 Å². The summed E-state index contributed by atoms with van der Waals surface area (Å²) in [5.41, 5.74) is 3.93. The number of hydrogen-bond donors (Lipinski definition) is 2. The van der Waals surface area contributed by atoms with Crippen LogP contribution in [0.3, 0.4) is 0 Å². The molecule has 4 aromatic rings. The van der Waals surface area contributed by atoms with E-state index >= 15 is 0 Å². The Morgan fingerprint density at radius 1 is 0.974 bits per heavy atom. The number of carbonyl (C=O) groups is 1. The Hall–Kier alpha value is -4.17. The molecule has 1 fully saturated rings. The molecule has 2 atom stereocenters. The van der Waals surface area contributed by atoms with Crippen molar-refractivity contribution in [3.8, 4) is 22.8 Å². The van der Waals surface area contributed by atoms with Crippen LogP contribution in [0.1, 0.15) is 11.5 Å². The van der Waals surface area contributed by atoms with Gasteiger partial charge in [0.2, 0.25) is 0 Å². The topological polar surface area (TPSA) is 75.7 Å². The van der Waals surface area contributed by atoms with Gasteiger partial charge in [-0.3, -0.25) is 4.90 Å². The molecule has 1 aliphatic heterocycles. The maximum Gasteiger partial charge on any atom is 0.319 e. The summed E-state index contributed by atoms with van der Waals surface area (Å²) in [6.45, 7) is 1.20. The number of pyridine rings is 1. The van der Waals surface area contributed by atoms with Gasteiger partial charge in [0.1, 0.15) is 6.67 Å². The number of fused-ring (bicyclic) bond motifs is 1. The largest absolute Gasteiger partial charge is 0.493 e. The van der Waals surface area contributed by atoms with Gasteiger partial charge in [-0.2, -0.15) is 0 Å². The van der Waals surface area contributed by atoms with Gasteiger partial charge < -0.3 is 20.1 Å². The van der Waals surface area contributed by atoms with Gasteiger partial charge in [-0.05, 0) is 17.7 Å².